The second-order valence-corrected chi connectivity index (χ2v) is 19.4. The number of carbonyl (C=O) groups is 2. The van der Waals surface area contributed by atoms with Crippen LogP contribution in [0.5, 0.6) is 0 Å². The van der Waals surface area contributed by atoms with E-state index in [0.717, 1.165) is 83.5 Å². The summed E-state index contributed by atoms with van der Waals surface area (Å²) >= 11 is 0. The van der Waals surface area contributed by atoms with E-state index in [0.29, 0.717) is 13.0 Å². The fourth-order valence-electron chi connectivity index (χ4n) is 7.46. The van der Waals surface area contributed by atoms with Crippen molar-refractivity contribution in [3.63, 3.8) is 0 Å². The van der Waals surface area contributed by atoms with Gasteiger partial charge in [-0.25, -0.2) is 4.57 Å². The number of rotatable bonds is 51. The van der Waals surface area contributed by atoms with Gasteiger partial charge >= 0.3 is 19.8 Å². The Morgan fingerprint density at radius 1 is 0.500 bits per heavy atom. The largest absolute Gasteiger partial charge is 0.480 e. The van der Waals surface area contributed by atoms with E-state index in [1.54, 1.807) is 0 Å². The molecule has 11 heteroatoms. The molecular formula is C55H100NO9P. The number of hydrogen-bond acceptors (Lipinski definition) is 8. The Morgan fingerprint density at radius 2 is 0.879 bits per heavy atom. The molecule has 0 saturated carbocycles. The second-order valence-electron chi connectivity index (χ2n) is 18.0. The van der Waals surface area contributed by atoms with Crippen LogP contribution in [0.2, 0.25) is 0 Å². The van der Waals surface area contributed by atoms with Crippen molar-refractivity contribution < 1.29 is 42.7 Å². The minimum Gasteiger partial charge on any atom is -0.480 e. The van der Waals surface area contributed by atoms with Gasteiger partial charge in [-0.3, -0.25) is 18.6 Å². The summed E-state index contributed by atoms with van der Waals surface area (Å²) in [6, 6.07) is -1.48. The van der Waals surface area contributed by atoms with Crippen LogP contribution in [0.15, 0.2) is 60.8 Å². The van der Waals surface area contributed by atoms with E-state index >= 15 is 0 Å². The van der Waals surface area contributed by atoms with Gasteiger partial charge in [0.25, 0.3) is 0 Å². The molecule has 0 spiro atoms. The van der Waals surface area contributed by atoms with Crippen LogP contribution < -0.4 is 5.73 Å². The Morgan fingerprint density at radius 3 is 1.32 bits per heavy atom. The summed E-state index contributed by atoms with van der Waals surface area (Å²) in [5.74, 6) is -1.79. The predicted octanol–water partition coefficient (Wildman–Crippen LogP) is 15.9. The number of phosphoric ester groups is 1. The van der Waals surface area contributed by atoms with Gasteiger partial charge in [-0.2, -0.15) is 0 Å². The molecule has 384 valence electrons. The van der Waals surface area contributed by atoms with E-state index in [1.807, 2.05) is 0 Å². The lowest BCUT2D eigenvalue weighted by Gasteiger charge is -2.20. The maximum Gasteiger partial charge on any atom is 0.472 e. The monoisotopic (exact) mass is 950 g/mol. The Hall–Kier alpha value is -2.33. The number of carboxylic acids is 1. The number of nitrogens with two attached hydrogens (primary N) is 1. The molecule has 0 aromatic rings. The summed E-state index contributed by atoms with van der Waals surface area (Å²) in [5.41, 5.74) is 5.38. The molecule has 66 heavy (non-hydrogen) atoms. The minimum atomic E-state index is -4.63. The Kier molecular flexibility index (Phi) is 48.8. The van der Waals surface area contributed by atoms with Gasteiger partial charge in [0, 0.05) is 13.0 Å². The second kappa shape index (κ2) is 50.5. The first-order valence-corrected chi connectivity index (χ1v) is 28.3. The van der Waals surface area contributed by atoms with Gasteiger partial charge in [-0.15, -0.1) is 0 Å². The molecule has 0 radical (unpaired) electrons. The molecule has 10 nitrogen and oxygen atoms in total. The average Bonchev–Trinajstić information content (AvgIpc) is 3.30. The topological polar surface area (TPSA) is 155 Å². The van der Waals surface area contributed by atoms with Crippen LogP contribution in [0.1, 0.15) is 239 Å². The molecule has 0 aromatic heterocycles. The van der Waals surface area contributed by atoms with Crippen molar-refractivity contribution in [3.8, 4) is 0 Å². The first-order chi connectivity index (χ1) is 32.2. The number of esters is 1. The SMILES string of the molecule is CC/C=C\C/C=C\C/C=C\C/C=C\C/C=C\CCCCCCCC(=O)OC(COCCCCCCCCCCCCCCCCCCCCCCCCC)COP(=O)(O)OCC(N)C(=O)O. The van der Waals surface area contributed by atoms with Crippen LogP contribution >= 0.6 is 7.82 Å². The van der Waals surface area contributed by atoms with Crippen LogP contribution in [-0.2, 0) is 32.7 Å². The molecule has 0 aliphatic rings. The molecule has 0 fully saturated rings. The summed E-state index contributed by atoms with van der Waals surface area (Å²) in [4.78, 5) is 33.7. The van der Waals surface area contributed by atoms with Crippen molar-refractivity contribution in [2.45, 2.75) is 251 Å². The van der Waals surface area contributed by atoms with Crippen molar-refractivity contribution in [1.29, 1.82) is 0 Å². The Bertz CT molecular complexity index is 1280. The normalized spacial score (nSPS) is 14.1. The smallest absolute Gasteiger partial charge is 0.472 e. The number of aliphatic carboxylic acids is 1. The van der Waals surface area contributed by atoms with Crippen molar-refractivity contribution in [3.05, 3.63) is 60.8 Å². The van der Waals surface area contributed by atoms with Crippen LogP contribution in [0.4, 0.5) is 0 Å². The Labute approximate surface area is 404 Å². The molecular weight excluding hydrogens is 850 g/mol. The van der Waals surface area contributed by atoms with Crippen molar-refractivity contribution in [2.75, 3.05) is 26.4 Å². The standard InChI is InChI=1S/C55H100NO9P/c1-3-5-7-9-11-13-15-17-19-21-23-25-26-28-30-32-34-36-38-40-42-44-46-48-62-49-52(50-63-66(60,61)64-51-53(56)55(58)59)65-54(57)47-45-43-41-39-37-35-33-31-29-27-24-22-20-18-16-14-12-10-8-6-4-2/h6,8,12,14,18,20,24,27,31,33,52-53H,3-5,7,9-11,13,15-17,19,21-23,25-26,28-30,32,34-51,56H2,1-2H3,(H,58,59)(H,60,61)/b8-6-,14-12-,20-18-,27-24-,33-31-. The number of carbonyl (C=O) groups excluding carboxylic acids is 1. The third-order valence-corrected chi connectivity index (χ3v) is 12.5. The van der Waals surface area contributed by atoms with Crippen LogP contribution in [0.3, 0.4) is 0 Å². The summed E-state index contributed by atoms with van der Waals surface area (Å²) < 4.78 is 33.5. The number of ether oxygens (including phenoxy) is 2. The van der Waals surface area contributed by atoms with Crippen LogP contribution in [0, 0.1) is 0 Å². The summed E-state index contributed by atoms with van der Waals surface area (Å²) in [6.07, 6.45) is 62.8. The van der Waals surface area contributed by atoms with E-state index in [2.05, 4.69) is 74.6 Å². The zero-order valence-electron chi connectivity index (χ0n) is 42.3. The summed E-state index contributed by atoms with van der Waals surface area (Å²) in [5, 5.41) is 8.94. The zero-order chi connectivity index (χ0) is 48.3. The summed E-state index contributed by atoms with van der Waals surface area (Å²) in [7, 11) is -4.63. The van der Waals surface area contributed by atoms with Gasteiger partial charge in [-0.1, -0.05) is 235 Å². The molecule has 4 N–H and O–H groups in total. The first kappa shape index (κ1) is 63.7. The zero-order valence-corrected chi connectivity index (χ0v) is 43.2. The van der Waals surface area contributed by atoms with Gasteiger partial charge in [0.05, 0.1) is 19.8 Å². The van der Waals surface area contributed by atoms with E-state index in [-0.39, 0.29) is 13.0 Å². The molecule has 0 heterocycles. The maximum absolute atomic E-state index is 12.7. The number of hydrogen-bond donors (Lipinski definition) is 3. The molecule has 0 aliphatic carbocycles. The van der Waals surface area contributed by atoms with Gasteiger partial charge in [0.15, 0.2) is 0 Å². The number of carboxylic acid groups (broad SMARTS) is 1. The fourth-order valence-corrected chi connectivity index (χ4v) is 8.23. The third-order valence-electron chi connectivity index (χ3n) is 11.6. The van der Waals surface area contributed by atoms with E-state index in [1.165, 1.54) is 128 Å². The molecule has 3 unspecified atom stereocenters. The van der Waals surface area contributed by atoms with Gasteiger partial charge < -0.3 is 25.2 Å². The van der Waals surface area contributed by atoms with Gasteiger partial charge in [0.1, 0.15) is 12.1 Å². The van der Waals surface area contributed by atoms with Gasteiger partial charge in [0.2, 0.25) is 0 Å². The van der Waals surface area contributed by atoms with Crippen molar-refractivity contribution in [2.24, 2.45) is 5.73 Å². The van der Waals surface area contributed by atoms with E-state index in [9.17, 15) is 19.0 Å². The maximum atomic E-state index is 12.7. The van der Waals surface area contributed by atoms with Crippen LogP contribution in [0.25, 0.3) is 0 Å². The number of allylic oxidation sites excluding steroid dienone is 10. The van der Waals surface area contributed by atoms with E-state index < -0.39 is 45.1 Å². The van der Waals surface area contributed by atoms with Crippen LogP contribution in [-0.4, -0.2) is 60.5 Å². The fraction of sp³-hybridized carbons (Fsp3) is 0.782. The molecule has 0 aliphatic heterocycles. The highest BCUT2D eigenvalue weighted by Crippen LogP contribution is 2.43. The van der Waals surface area contributed by atoms with E-state index in [4.69, 9.17) is 29.4 Å². The van der Waals surface area contributed by atoms with Gasteiger partial charge in [-0.05, 0) is 57.8 Å². The lowest BCUT2D eigenvalue weighted by atomic mass is 10.0. The molecule has 3 atom stereocenters. The highest BCUT2D eigenvalue weighted by Gasteiger charge is 2.27. The number of phosphoric acid groups is 1. The summed E-state index contributed by atoms with van der Waals surface area (Å²) in [6.45, 7) is 3.78. The highest BCUT2D eigenvalue weighted by atomic mass is 31.2. The van der Waals surface area contributed by atoms with Crippen molar-refractivity contribution >= 4 is 19.8 Å². The lowest BCUT2D eigenvalue weighted by molar-refractivity contribution is -0.154. The molecule has 0 saturated heterocycles. The molecule has 0 amide bonds. The lowest BCUT2D eigenvalue weighted by Crippen LogP contribution is -2.34. The number of unbranched alkanes of at least 4 members (excludes halogenated alkanes) is 27. The average molecular weight is 950 g/mol. The third kappa shape index (κ3) is 49.6. The predicted molar refractivity (Wildman–Crippen MR) is 277 cm³/mol. The Balaban J connectivity index is 4.13. The highest BCUT2D eigenvalue weighted by molar-refractivity contribution is 7.47. The molecule has 0 rings (SSSR count). The first-order valence-electron chi connectivity index (χ1n) is 26.8. The van der Waals surface area contributed by atoms with Crippen molar-refractivity contribution in [1.82, 2.24) is 0 Å². The molecule has 0 aromatic carbocycles. The minimum absolute atomic E-state index is 0.00941. The molecule has 0 bridgehead atoms. The quantitative estimate of drug-likeness (QED) is 0.0232.